The molecular formula is C24H25N9O2. The number of ketones is 1. The number of carbonyl (C=O) groups is 2. The smallest absolute Gasteiger partial charge is 0.291 e. The number of amides is 1. The summed E-state index contributed by atoms with van der Waals surface area (Å²) in [6.45, 7) is 3.44. The molecular weight excluding hydrogens is 446 g/mol. The number of aromatic amines is 1. The number of nitrogens with one attached hydrogen (secondary N) is 1. The number of aromatic nitrogens is 7. The number of aryl methyl sites for hydroxylation is 1. The van der Waals surface area contributed by atoms with Crippen LogP contribution in [-0.2, 0) is 0 Å². The standard InChI is InChI=1S/C24H25N9O2/c1-12-3-4-14(9-26-12)18-10-29-33-21(25)19(13(2)34)20(30-23(18)33)15-7-16-5-6-17(8-15)32(16)24(35)22-27-11-28-31-22/h3-4,9-11,15-17H,5-8,25H2,1-2H3,(H,27,28,31)/t15?,16-,17+. The predicted octanol–water partition coefficient (Wildman–Crippen LogP) is 2.55. The summed E-state index contributed by atoms with van der Waals surface area (Å²) in [5.41, 5.74) is 10.8. The van der Waals surface area contributed by atoms with E-state index < -0.39 is 0 Å². The number of rotatable bonds is 4. The molecule has 0 radical (unpaired) electrons. The molecule has 6 rings (SSSR count). The van der Waals surface area contributed by atoms with E-state index in [1.807, 2.05) is 24.0 Å². The van der Waals surface area contributed by atoms with Crippen LogP contribution in [0.5, 0.6) is 0 Å². The molecule has 1 unspecified atom stereocenters. The van der Waals surface area contributed by atoms with Crippen LogP contribution >= 0.6 is 0 Å². The summed E-state index contributed by atoms with van der Waals surface area (Å²) in [7, 11) is 0. The highest BCUT2D eigenvalue weighted by Crippen LogP contribution is 2.45. The quantitative estimate of drug-likeness (QED) is 0.432. The third kappa shape index (κ3) is 3.37. The minimum absolute atomic E-state index is 0.00336. The van der Waals surface area contributed by atoms with Crippen molar-refractivity contribution < 1.29 is 9.59 Å². The maximum Gasteiger partial charge on any atom is 0.291 e. The zero-order chi connectivity index (χ0) is 24.3. The van der Waals surface area contributed by atoms with Gasteiger partial charge >= 0.3 is 0 Å². The molecule has 35 heavy (non-hydrogen) atoms. The van der Waals surface area contributed by atoms with Gasteiger partial charge in [-0.05, 0) is 45.6 Å². The fourth-order valence-corrected chi connectivity index (χ4v) is 5.68. The summed E-state index contributed by atoms with van der Waals surface area (Å²) < 4.78 is 1.53. The molecule has 3 atom stereocenters. The molecule has 0 aliphatic carbocycles. The van der Waals surface area contributed by atoms with E-state index >= 15 is 0 Å². The Labute approximate surface area is 200 Å². The van der Waals surface area contributed by atoms with Crippen LogP contribution in [0.2, 0.25) is 0 Å². The maximum absolute atomic E-state index is 13.0. The molecule has 1 amide bonds. The SMILES string of the molecule is CC(=O)c1c(C2C[C@H]3CC[C@@H](C2)N3C(=O)c2ncn[nH]2)nc2c(-c3ccc(C)nc3)cnn2c1N. The average Bonchev–Trinajstić information content (AvgIpc) is 3.57. The van der Waals surface area contributed by atoms with E-state index in [9.17, 15) is 9.59 Å². The fourth-order valence-electron chi connectivity index (χ4n) is 5.68. The van der Waals surface area contributed by atoms with Crippen LogP contribution in [0.4, 0.5) is 5.82 Å². The number of carbonyl (C=O) groups excluding carboxylic acids is 2. The van der Waals surface area contributed by atoms with Gasteiger partial charge < -0.3 is 10.6 Å². The average molecular weight is 472 g/mol. The molecule has 2 saturated heterocycles. The zero-order valence-electron chi connectivity index (χ0n) is 19.5. The van der Waals surface area contributed by atoms with Gasteiger partial charge in [-0.2, -0.15) is 14.7 Å². The minimum Gasteiger partial charge on any atom is -0.383 e. The lowest BCUT2D eigenvalue weighted by molar-refractivity contribution is 0.0556. The lowest BCUT2D eigenvalue weighted by Gasteiger charge is -2.38. The summed E-state index contributed by atoms with van der Waals surface area (Å²) in [6, 6.07) is 4.00. The summed E-state index contributed by atoms with van der Waals surface area (Å²) in [5, 5.41) is 10.9. The van der Waals surface area contributed by atoms with Gasteiger partial charge in [0.1, 0.15) is 12.1 Å². The molecule has 11 nitrogen and oxygen atoms in total. The van der Waals surface area contributed by atoms with Gasteiger partial charge in [0, 0.05) is 41.0 Å². The van der Waals surface area contributed by atoms with Crippen molar-refractivity contribution in [2.45, 2.75) is 57.5 Å². The number of anilines is 1. The molecule has 0 aromatic carbocycles. The molecule has 11 heteroatoms. The largest absolute Gasteiger partial charge is 0.383 e. The highest BCUT2D eigenvalue weighted by atomic mass is 16.2. The molecule has 0 spiro atoms. The van der Waals surface area contributed by atoms with Crippen LogP contribution in [-0.4, -0.2) is 63.4 Å². The summed E-state index contributed by atoms with van der Waals surface area (Å²) in [4.78, 5) is 41.1. The first-order valence-electron chi connectivity index (χ1n) is 11.7. The number of H-pyrrole nitrogens is 1. The van der Waals surface area contributed by atoms with Crippen LogP contribution in [0, 0.1) is 6.92 Å². The van der Waals surface area contributed by atoms with Crippen LogP contribution in [0.1, 0.15) is 70.9 Å². The van der Waals surface area contributed by atoms with Gasteiger partial charge in [0.2, 0.25) is 5.82 Å². The van der Waals surface area contributed by atoms with E-state index in [-0.39, 0.29) is 41.3 Å². The number of fused-ring (bicyclic) bond motifs is 3. The second-order valence-corrected chi connectivity index (χ2v) is 9.40. The second-order valence-electron chi connectivity index (χ2n) is 9.40. The Bertz CT molecular complexity index is 1430. The van der Waals surface area contributed by atoms with E-state index in [4.69, 9.17) is 10.7 Å². The third-order valence-corrected chi connectivity index (χ3v) is 7.26. The number of hydrogen-bond acceptors (Lipinski definition) is 8. The molecule has 2 aliphatic heterocycles. The number of nitrogens with zero attached hydrogens (tertiary/aromatic N) is 7. The lowest BCUT2D eigenvalue weighted by Crippen LogP contribution is -2.46. The van der Waals surface area contributed by atoms with Gasteiger partial charge in [0.25, 0.3) is 5.91 Å². The number of Topliss-reactive ketones (excluding diaryl/α,β-unsaturated/α-hetero) is 1. The Morgan fingerprint density at radius 3 is 2.51 bits per heavy atom. The molecule has 4 aromatic rings. The van der Waals surface area contributed by atoms with Gasteiger partial charge in [0.05, 0.1) is 17.5 Å². The Balaban J connectivity index is 1.41. The van der Waals surface area contributed by atoms with Crippen LogP contribution in [0.15, 0.2) is 30.9 Å². The van der Waals surface area contributed by atoms with E-state index in [0.29, 0.717) is 29.7 Å². The van der Waals surface area contributed by atoms with Crippen molar-refractivity contribution in [2.24, 2.45) is 0 Å². The monoisotopic (exact) mass is 471 g/mol. The van der Waals surface area contributed by atoms with Gasteiger partial charge in [-0.3, -0.25) is 19.7 Å². The molecule has 2 aliphatic rings. The molecule has 3 N–H and O–H groups in total. The first kappa shape index (κ1) is 21.4. The number of hydrogen-bond donors (Lipinski definition) is 2. The zero-order valence-corrected chi connectivity index (χ0v) is 19.5. The predicted molar refractivity (Wildman–Crippen MR) is 127 cm³/mol. The fraction of sp³-hybridized carbons (Fsp3) is 0.375. The number of nitrogens with two attached hydrogens (primary N) is 1. The van der Waals surface area contributed by atoms with Crippen molar-refractivity contribution in [1.29, 1.82) is 0 Å². The Morgan fingerprint density at radius 1 is 1.11 bits per heavy atom. The number of pyridine rings is 1. The van der Waals surface area contributed by atoms with Gasteiger partial charge in [0.15, 0.2) is 11.4 Å². The van der Waals surface area contributed by atoms with Gasteiger partial charge in [-0.25, -0.2) is 9.97 Å². The van der Waals surface area contributed by atoms with Crippen LogP contribution in [0.25, 0.3) is 16.8 Å². The second kappa shape index (κ2) is 7.97. The first-order valence-corrected chi connectivity index (χ1v) is 11.7. The van der Waals surface area contributed by atoms with E-state index in [0.717, 1.165) is 29.7 Å². The molecule has 6 heterocycles. The van der Waals surface area contributed by atoms with Crippen molar-refractivity contribution in [1.82, 2.24) is 39.7 Å². The summed E-state index contributed by atoms with van der Waals surface area (Å²) in [5.74, 6) is 0.262. The van der Waals surface area contributed by atoms with Crippen molar-refractivity contribution in [2.75, 3.05) is 5.73 Å². The Hall–Kier alpha value is -4.15. The van der Waals surface area contributed by atoms with Crippen LogP contribution < -0.4 is 5.73 Å². The van der Waals surface area contributed by atoms with Crippen molar-refractivity contribution >= 4 is 23.2 Å². The Morgan fingerprint density at radius 2 is 1.89 bits per heavy atom. The third-order valence-electron chi connectivity index (χ3n) is 7.26. The van der Waals surface area contributed by atoms with Gasteiger partial charge in [-0.1, -0.05) is 6.07 Å². The highest BCUT2D eigenvalue weighted by Gasteiger charge is 2.45. The summed E-state index contributed by atoms with van der Waals surface area (Å²) in [6.07, 6.45) is 8.05. The molecule has 2 fully saturated rings. The maximum atomic E-state index is 13.0. The number of nitrogen functional groups attached to an aromatic ring is 1. The topological polar surface area (TPSA) is 148 Å². The molecule has 2 bridgehead atoms. The van der Waals surface area contributed by atoms with E-state index in [1.54, 1.807) is 12.4 Å². The van der Waals surface area contributed by atoms with Crippen molar-refractivity contribution in [3.05, 3.63) is 53.6 Å². The lowest BCUT2D eigenvalue weighted by atomic mass is 9.85. The van der Waals surface area contributed by atoms with Crippen LogP contribution in [0.3, 0.4) is 0 Å². The number of piperidine rings is 1. The molecule has 4 aromatic heterocycles. The Kier molecular flexibility index (Phi) is 4.87. The van der Waals surface area contributed by atoms with E-state index in [2.05, 4.69) is 25.3 Å². The first-order chi connectivity index (χ1) is 16.9. The van der Waals surface area contributed by atoms with Crippen molar-refractivity contribution in [3.8, 4) is 11.1 Å². The molecule has 178 valence electrons. The summed E-state index contributed by atoms with van der Waals surface area (Å²) >= 11 is 0. The van der Waals surface area contributed by atoms with Crippen molar-refractivity contribution in [3.63, 3.8) is 0 Å². The highest BCUT2D eigenvalue weighted by molar-refractivity contribution is 6.00. The van der Waals surface area contributed by atoms with E-state index in [1.165, 1.54) is 17.8 Å². The normalized spacial score (nSPS) is 21.5. The van der Waals surface area contributed by atoms with Gasteiger partial charge in [-0.15, -0.1) is 0 Å². The molecule has 0 saturated carbocycles. The minimum atomic E-state index is -0.145.